The van der Waals surface area contributed by atoms with E-state index in [1.807, 2.05) is 13.2 Å². The average Bonchev–Trinajstić information content (AvgIpc) is 2.39. The van der Waals surface area contributed by atoms with Gasteiger partial charge in [-0.25, -0.2) is 0 Å². The highest BCUT2D eigenvalue weighted by atomic mass is 32.2. The molecule has 0 aromatic carbocycles. The first-order chi connectivity index (χ1) is 8.67. The zero-order valence-electron chi connectivity index (χ0n) is 11.7. The van der Waals surface area contributed by atoms with Crippen molar-refractivity contribution < 1.29 is 9.90 Å². The van der Waals surface area contributed by atoms with Gasteiger partial charge in [0.1, 0.15) is 0 Å². The van der Waals surface area contributed by atoms with Crippen LogP contribution in [0, 0.1) is 11.8 Å². The van der Waals surface area contributed by atoms with Crippen LogP contribution in [-0.4, -0.2) is 35.7 Å². The second-order valence-corrected chi connectivity index (χ2v) is 6.39. The van der Waals surface area contributed by atoms with E-state index in [1.54, 1.807) is 11.8 Å². The number of carbonyl (C=O) groups is 1. The van der Waals surface area contributed by atoms with Gasteiger partial charge in [-0.1, -0.05) is 39.0 Å². The maximum absolute atomic E-state index is 11.9. The molecule has 0 spiro atoms. The lowest BCUT2D eigenvalue weighted by Gasteiger charge is -2.26. The van der Waals surface area contributed by atoms with Crippen molar-refractivity contribution >= 4 is 17.7 Å². The van der Waals surface area contributed by atoms with Gasteiger partial charge in [0, 0.05) is 11.7 Å². The summed E-state index contributed by atoms with van der Waals surface area (Å²) in [5.74, 6) is 1.64. The number of aliphatic hydroxyl groups is 1. The molecule has 18 heavy (non-hydrogen) atoms. The van der Waals surface area contributed by atoms with Crippen molar-refractivity contribution in [2.45, 2.75) is 51.5 Å². The van der Waals surface area contributed by atoms with Gasteiger partial charge in [-0.15, -0.1) is 0 Å². The molecule has 0 aromatic heterocycles. The average molecular weight is 273 g/mol. The molecule has 3 nitrogen and oxygen atoms in total. The van der Waals surface area contributed by atoms with E-state index in [9.17, 15) is 9.90 Å². The maximum Gasteiger partial charge on any atom is 0.223 e. The zero-order chi connectivity index (χ0) is 13.4. The molecule has 0 bridgehead atoms. The van der Waals surface area contributed by atoms with Crippen LogP contribution >= 0.6 is 11.8 Å². The summed E-state index contributed by atoms with van der Waals surface area (Å²) >= 11 is 1.69. The molecule has 1 saturated carbocycles. The third-order valence-electron chi connectivity index (χ3n) is 3.77. The Hall–Kier alpha value is -0.220. The molecular weight excluding hydrogens is 246 g/mol. The number of nitrogens with one attached hydrogen (secondary N) is 1. The predicted molar refractivity (Wildman–Crippen MR) is 77.8 cm³/mol. The molecule has 1 amide bonds. The van der Waals surface area contributed by atoms with Crippen molar-refractivity contribution in [3.63, 3.8) is 0 Å². The third kappa shape index (κ3) is 5.61. The van der Waals surface area contributed by atoms with Crippen molar-refractivity contribution in [1.82, 2.24) is 5.32 Å². The van der Waals surface area contributed by atoms with Gasteiger partial charge in [0.2, 0.25) is 5.91 Å². The lowest BCUT2D eigenvalue weighted by molar-refractivity contribution is -0.125. The monoisotopic (exact) mass is 273 g/mol. The third-order valence-corrected chi connectivity index (χ3v) is 4.61. The highest BCUT2D eigenvalue weighted by Crippen LogP contribution is 2.27. The molecule has 4 heteroatoms. The second-order valence-electron chi connectivity index (χ2n) is 5.48. The number of aliphatic hydroxyl groups excluding tert-OH is 1. The van der Waals surface area contributed by atoms with Crippen LogP contribution in [-0.2, 0) is 4.79 Å². The number of hydrogen-bond donors (Lipinski definition) is 2. The van der Waals surface area contributed by atoms with Crippen LogP contribution in [0.25, 0.3) is 0 Å². The minimum absolute atomic E-state index is 0.0282. The topological polar surface area (TPSA) is 49.3 Å². The number of rotatable bonds is 7. The summed E-state index contributed by atoms with van der Waals surface area (Å²) in [6.45, 7) is 2.01. The quantitative estimate of drug-likeness (QED) is 0.749. The van der Waals surface area contributed by atoms with Crippen molar-refractivity contribution in [3.05, 3.63) is 0 Å². The van der Waals surface area contributed by atoms with Crippen LogP contribution in [0.2, 0.25) is 0 Å². The summed E-state index contributed by atoms with van der Waals surface area (Å²) in [4.78, 5) is 11.9. The Bertz CT molecular complexity index is 242. The molecule has 2 N–H and O–H groups in total. The number of thioether (sulfide) groups is 1. The summed E-state index contributed by atoms with van der Waals surface area (Å²) in [7, 11) is 0. The fourth-order valence-corrected chi connectivity index (χ4v) is 3.32. The molecule has 0 aliphatic heterocycles. The van der Waals surface area contributed by atoms with Gasteiger partial charge in [-0.3, -0.25) is 4.79 Å². The molecule has 1 aliphatic carbocycles. The lowest BCUT2D eigenvalue weighted by atomic mass is 9.85. The van der Waals surface area contributed by atoms with Gasteiger partial charge < -0.3 is 10.4 Å². The number of hydrogen-bond acceptors (Lipinski definition) is 3. The molecule has 0 aromatic rings. The number of amides is 1. The summed E-state index contributed by atoms with van der Waals surface area (Å²) in [5, 5.41) is 12.4. The van der Waals surface area contributed by atoms with E-state index in [0.717, 1.165) is 12.2 Å². The number of carbonyl (C=O) groups excluding carboxylic acids is 1. The summed E-state index contributed by atoms with van der Waals surface area (Å²) in [5.41, 5.74) is 0. The van der Waals surface area contributed by atoms with E-state index in [-0.39, 0.29) is 24.5 Å². The molecule has 0 saturated heterocycles. The standard InChI is InChI=1S/C14H27NO2S/c1-11(10-18-2)14(17)15-13(9-16)8-12-6-4-3-5-7-12/h11-13,16H,3-10H2,1-2H3,(H,15,17). The van der Waals surface area contributed by atoms with E-state index < -0.39 is 0 Å². The summed E-state index contributed by atoms with van der Waals surface area (Å²) in [6, 6.07) is -0.0510. The van der Waals surface area contributed by atoms with Crippen LogP contribution < -0.4 is 5.32 Å². The fourth-order valence-electron chi connectivity index (χ4n) is 2.67. The molecule has 106 valence electrons. The Morgan fingerprint density at radius 2 is 2.06 bits per heavy atom. The Morgan fingerprint density at radius 1 is 1.39 bits per heavy atom. The summed E-state index contributed by atoms with van der Waals surface area (Å²) in [6.07, 6.45) is 9.42. The molecule has 0 radical (unpaired) electrons. The largest absolute Gasteiger partial charge is 0.394 e. The zero-order valence-corrected chi connectivity index (χ0v) is 12.5. The van der Waals surface area contributed by atoms with Gasteiger partial charge in [0.05, 0.1) is 12.6 Å². The van der Waals surface area contributed by atoms with E-state index >= 15 is 0 Å². The molecule has 1 fully saturated rings. The van der Waals surface area contributed by atoms with E-state index in [0.29, 0.717) is 5.92 Å². The highest BCUT2D eigenvalue weighted by molar-refractivity contribution is 7.98. The lowest BCUT2D eigenvalue weighted by Crippen LogP contribution is -2.42. The van der Waals surface area contributed by atoms with Crippen molar-refractivity contribution in [2.75, 3.05) is 18.6 Å². The predicted octanol–water partition coefficient (Wildman–Crippen LogP) is 2.43. The van der Waals surface area contributed by atoms with Crippen molar-refractivity contribution in [2.24, 2.45) is 11.8 Å². The van der Waals surface area contributed by atoms with Crippen LogP contribution in [0.5, 0.6) is 0 Å². The van der Waals surface area contributed by atoms with Gasteiger partial charge in [0.15, 0.2) is 0 Å². The fraction of sp³-hybridized carbons (Fsp3) is 0.929. The molecule has 2 atom stereocenters. The molecule has 1 rings (SSSR count). The van der Waals surface area contributed by atoms with Gasteiger partial charge >= 0.3 is 0 Å². The molecule has 1 aliphatic rings. The molecule has 2 unspecified atom stereocenters. The molecular formula is C14H27NO2S. The van der Waals surface area contributed by atoms with Crippen molar-refractivity contribution in [3.8, 4) is 0 Å². The second kappa shape index (κ2) is 8.81. The Balaban J connectivity index is 2.33. The SMILES string of the molecule is CSCC(C)C(=O)NC(CO)CC1CCCCC1. The van der Waals surface area contributed by atoms with Crippen LogP contribution in [0.15, 0.2) is 0 Å². The Labute approximate surface area is 115 Å². The van der Waals surface area contributed by atoms with Crippen LogP contribution in [0.4, 0.5) is 0 Å². The first-order valence-corrected chi connectivity index (χ1v) is 8.47. The van der Waals surface area contributed by atoms with Crippen molar-refractivity contribution in [1.29, 1.82) is 0 Å². The highest BCUT2D eigenvalue weighted by Gasteiger charge is 2.21. The molecule has 0 heterocycles. The maximum atomic E-state index is 11.9. The summed E-state index contributed by atoms with van der Waals surface area (Å²) < 4.78 is 0. The van der Waals surface area contributed by atoms with Crippen LogP contribution in [0.3, 0.4) is 0 Å². The first kappa shape index (κ1) is 15.8. The first-order valence-electron chi connectivity index (χ1n) is 7.07. The minimum atomic E-state index is -0.0510. The Kier molecular flexibility index (Phi) is 7.75. The normalized spacial score (nSPS) is 20.4. The van der Waals surface area contributed by atoms with Gasteiger partial charge in [-0.05, 0) is 18.6 Å². The Morgan fingerprint density at radius 3 is 2.61 bits per heavy atom. The van der Waals surface area contributed by atoms with Gasteiger partial charge in [0.25, 0.3) is 0 Å². The van der Waals surface area contributed by atoms with E-state index in [1.165, 1.54) is 32.1 Å². The minimum Gasteiger partial charge on any atom is -0.394 e. The van der Waals surface area contributed by atoms with E-state index in [2.05, 4.69) is 5.32 Å². The van der Waals surface area contributed by atoms with Crippen LogP contribution in [0.1, 0.15) is 45.4 Å². The van der Waals surface area contributed by atoms with Gasteiger partial charge in [-0.2, -0.15) is 11.8 Å². The smallest absolute Gasteiger partial charge is 0.223 e. The van der Waals surface area contributed by atoms with E-state index in [4.69, 9.17) is 0 Å².